The SMILES string of the molecule is CCNC(=NCC(C)c1ccsc1)NC1CCN(C2CCCC2)CC1.I. The summed E-state index contributed by atoms with van der Waals surface area (Å²) in [5.41, 5.74) is 1.40. The maximum absolute atomic E-state index is 4.85. The van der Waals surface area contributed by atoms with Gasteiger partial charge in [0.05, 0.1) is 0 Å². The zero-order valence-corrected chi connectivity index (χ0v) is 19.4. The molecule has 148 valence electrons. The number of nitrogens with zero attached hydrogens (tertiary/aromatic N) is 2. The van der Waals surface area contributed by atoms with Crippen LogP contribution in [0.4, 0.5) is 0 Å². The Morgan fingerprint density at radius 2 is 2.00 bits per heavy atom. The van der Waals surface area contributed by atoms with Gasteiger partial charge in [0.25, 0.3) is 0 Å². The molecular weight excluding hydrogens is 455 g/mol. The summed E-state index contributed by atoms with van der Waals surface area (Å²) in [6, 6.07) is 3.64. The van der Waals surface area contributed by atoms with E-state index in [0.717, 1.165) is 25.1 Å². The fourth-order valence-electron chi connectivity index (χ4n) is 4.08. The van der Waals surface area contributed by atoms with Crippen LogP contribution in [0, 0.1) is 0 Å². The predicted molar refractivity (Wildman–Crippen MR) is 124 cm³/mol. The van der Waals surface area contributed by atoms with Crippen molar-refractivity contribution in [2.24, 2.45) is 4.99 Å². The lowest BCUT2D eigenvalue weighted by molar-refractivity contribution is 0.150. The van der Waals surface area contributed by atoms with Crippen molar-refractivity contribution < 1.29 is 0 Å². The Morgan fingerprint density at radius 1 is 1.27 bits per heavy atom. The number of guanidine groups is 1. The van der Waals surface area contributed by atoms with Gasteiger partial charge in [-0.25, -0.2) is 0 Å². The molecule has 1 aromatic heterocycles. The van der Waals surface area contributed by atoms with Crippen LogP contribution in [0.5, 0.6) is 0 Å². The Labute approximate surface area is 180 Å². The number of aliphatic imine (C=N–C) groups is 1. The first-order chi connectivity index (χ1) is 12.3. The molecule has 1 saturated carbocycles. The molecule has 6 heteroatoms. The van der Waals surface area contributed by atoms with Crippen molar-refractivity contribution in [2.75, 3.05) is 26.2 Å². The zero-order valence-electron chi connectivity index (χ0n) is 16.2. The molecule has 0 bridgehead atoms. The minimum absolute atomic E-state index is 0. The second kappa shape index (κ2) is 11.5. The molecule has 0 spiro atoms. The van der Waals surface area contributed by atoms with Crippen LogP contribution < -0.4 is 10.6 Å². The molecule has 0 amide bonds. The highest BCUT2D eigenvalue weighted by Crippen LogP contribution is 2.26. The number of nitrogens with one attached hydrogen (secondary N) is 2. The third-order valence-corrected chi connectivity index (χ3v) is 6.39. The van der Waals surface area contributed by atoms with Gasteiger partial charge in [0.1, 0.15) is 0 Å². The molecule has 26 heavy (non-hydrogen) atoms. The van der Waals surface area contributed by atoms with E-state index < -0.39 is 0 Å². The highest BCUT2D eigenvalue weighted by Gasteiger charge is 2.27. The number of halogens is 1. The van der Waals surface area contributed by atoms with Gasteiger partial charge in [-0.2, -0.15) is 11.3 Å². The van der Waals surface area contributed by atoms with Crippen LogP contribution in [0.3, 0.4) is 0 Å². The molecule has 1 aliphatic heterocycles. The average Bonchev–Trinajstić information content (AvgIpc) is 3.33. The maximum Gasteiger partial charge on any atom is 0.191 e. The Hall–Kier alpha value is -0.340. The fraction of sp³-hybridized carbons (Fsp3) is 0.750. The minimum atomic E-state index is 0. The van der Waals surface area contributed by atoms with Crippen LogP contribution in [0.15, 0.2) is 21.8 Å². The molecule has 1 unspecified atom stereocenters. The zero-order chi connectivity index (χ0) is 17.5. The molecule has 2 fully saturated rings. The number of hydrogen-bond donors (Lipinski definition) is 2. The standard InChI is InChI=1S/C20H34N4S.HI/c1-3-21-20(22-14-16(2)17-10-13-25-15-17)23-18-8-11-24(12-9-18)19-6-4-5-7-19;/h10,13,15-16,18-19H,3-9,11-12,14H2,1-2H3,(H2,21,22,23);1H. The van der Waals surface area contributed by atoms with Gasteiger partial charge in [-0.3, -0.25) is 4.99 Å². The molecule has 1 atom stereocenters. The van der Waals surface area contributed by atoms with Gasteiger partial charge < -0.3 is 15.5 Å². The van der Waals surface area contributed by atoms with Gasteiger partial charge in [-0.15, -0.1) is 24.0 Å². The average molecular weight is 490 g/mol. The summed E-state index contributed by atoms with van der Waals surface area (Å²) in [6.07, 6.45) is 8.18. The van der Waals surface area contributed by atoms with Crippen LogP contribution >= 0.6 is 35.3 Å². The Morgan fingerprint density at radius 3 is 2.62 bits per heavy atom. The van der Waals surface area contributed by atoms with Crippen molar-refractivity contribution in [1.29, 1.82) is 0 Å². The van der Waals surface area contributed by atoms with E-state index in [9.17, 15) is 0 Å². The van der Waals surface area contributed by atoms with Crippen molar-refractivity contribution in [3.05, 3.63) is 22.4 Å². The summed E-state index contributed by atoms with van der Waals surface area (Å²) in [4.78, 5) is 7.58. The van der Waals surface area contributed by atoms with E-state index in [4.69, 9.17) is 4.99 Å². The number of thiophene rings is 1. The maximum atomic E-state index is 4.85. The molecule has 0 radical (unpaired) electrons. The molecule has 4 nitrogen and oxygen atoms in total. The Kier molecular flexibility index (Phi) is 9.70. The smallest absolute Gasteiger partial charge is 0.191 e. The first-order valence-electron chi connectivity index (χ1n) is 10.1. The fourth-order valence-corrected chi connectivity index (χ4v) is 4.86. The quantitative estimate of drug-likeness (QED) is 0.352. The van der Waals surface area contributed by atoms with Crippen molar-refractivity contribution in [3.63, 3.8) is 0 Å². The lowest BCUT2D eigenvalue weighted by atomic mass is 10.0. The summed E-state index contributed by atoms with van der Waals surface area (Å²) in [7, 11) is 0. The largest absolute Gasteiger partial charge is 0.357 e. The van der Waals surface area contributed by atoms with Gasteiger partial charge in [0, 0.05) is 44.2 Å². The van der Waals surface area contributed by atoms with E-state index in [2.05, 4.69) is 46.2 Å². The molecule has 2 heterocycles. The first kappa shape index (κ1) is 22.0. The van der Waals surface area contributed by atoms with Crippen LogP contribution in [-0.4, -0.2) is 49.1 Å². The van der Waals surface area contributed by atoms with E-state index in [-0.39, 0.29) is 24.0 Å². The van der Waals surface area contributed by atoms with Gasteiger partial charge in [-0.1, -0.05) is 19.8 Å². The third-order valence-electron chi connectivity index (χ3n) is 5.69. The van der Waals surface area contributed by atoms with Crippen molar-refractivity contribution in [3.8, 4) is 0 Å². The molecule has 1 aromatic rings. The van der Waals surface area contributed by atoms with E-state index in [1.807, 2.05) is 0 Å². The van der Waals surface area contributed by atoms with Gasteiger partial charge in [0.15, 0.2) is 5.96 Å². The predicted octanol–water partition coefficient (Wildman–Crippen LogP) is 4.43. The molecule has 1 aliphatic carbocycles. The van der Waals surface area contributed by atoms with Gasteiger partial charge in [-0.05, 0) is 55.0 Å². The molecular formula is C20H35IN4S. The highest BCUT2D eigenvalue weighted by atomic mass is 127. The van der Waals surface area contributed by atoms with Crippen LogP contribution in [0.2, 0.25) is 0 Å². The lowest BCUT2D eigenvalue weighted by Gasteiger charge is -2.36. The normalized spacial score (nSPS) is 21.4. The minimum Gasteiger partial charge on any atom is -0.357 e. The van der Waals surface area contributed by atoms with Crippen molar-refractivity contribution in [1.82, 2.24) is 15.5 Å². The topological polar surface area (TPSA) is 39.7 Å². The monoisotopic (exact) mass is 490 g/mol. The number of likely N-dealkylation sites (tertiary alicyclic amines) is 1. The second-order valence-corrected chi connectivity index (χ2v) is 8.35. The van der Waals surface area contributed by atoms with Crippen molar-refractivity contribution >= 4 is 41.3 Å². The number of piperidine rings is 1. The van der Waals surface area contributed by atoms with Crippen LogP contribution in [0.25, 0.3) is 0 Å². The summed E-state index contributed by atoms with van der Waals surface area (Å²) in [5.74, 6) is 1.47. The number of rotatable bonds is 6. The highest BCUT2D eigenvalue weighted by molar-refractivity contribution is 14.0. The van der Waals surface area contributed by atoms with E-state index in [1.54, 1.807) is 11.3 Å². The molecule has 0 aromatic carbocycles. The van der Waals surface area contributed by atoms with Crippen LogP contribution in [0.1, 0.15) is 63.9 Å². The van der Waals surface area contributed by atoms with Crippen LogP contribution in [-0.2, 0) is 0 Å². The molecule has 2 aliphatic rings. The molecule has 3 rings (SSSR count). The molecule has 1 saturated heterocycles. The summed E-state index contributed by atoms with van der Waals surface area (Å²) in [5, 5.41) is 11.5. The lowest BCUT2D eigenvalue weighted by Crippen LogP contribution is -2.50. The Bertz CT molecular complexity index is 520. The summed E-state index contributed by atoms with van der Waals surface area (Å²) >= 11 is 1.77. The summed E-state index contributed by atoms with van der Waals surface area (Å²) < 4.78 is 0. The number of hydrogen-bond acceptors (Lipinski definition) is 3. The first-order valence-corrected chi connectivity index (χ1v) is 11.0. The van der Waals surface area contributed by atoms with E-state index in [1.165, 1.54) is 57.2 Å². The van der Waals surface area contributed by atoms with Gasteiger partial charge in [0.2, 0.25) is 0 Å². The third kappa shape index (κ3) is 6.37. The van der Waals surface area contributed by atoms with Gasteiger partial charge >= 0.3 is 0 Å². The van der Waals surface area contributed by atoms with Crippen molar-refractivity contribution in [2.45, 2.75) is 70.4 Å². The van der Waals surface area contributed by atoms with E-state index in [0.29, 0.717) is 12.0 Å². The van der Waals surface area contributed by atoms with E-state index >= 15 is 0 Å². The second-order valence-electron chi connectivity index (χ2n) is 7.57. The molecule has 2 N–H and O–H groups in total. The Balaban J connectivity index is 0.00000243. The summed E-state index contributed by atoms with van der Waals surface area (Å²) in [6.45, 7) is 8.64.